The molecule has 5 heterocycles. The molecule has 1 aromatic carbocycles. The molecule has 1 unspecified atom stereocenters. The van der Waals surface area contributed by atoms with E-state index in [9.17, 15) is 4.79 Å². The van der Waals surface area contributed by atoms with Crippen LogP contribution in [0.3, 0.4) is 0 Å². The summed E-state index contributed by atoms with van der Waals surface area (Å²) in [4.78, 5) is 38.2. The maximum atomic E-state index is 13.1. The van der Waals surface area contributed by atoms with Gasteiger partial charge in [0, 0.05) is 48.8 Å². The Kier molecular flexibility index (Phi) is 4.60. The van der Waals surface area contributed by atoms with Crippen molar-refractivity contribution in [2.24, 2.45) is 5.41 Å². The number of fused-ring (bicyclic) bond motifs is 2. The molecule has 1 saturated heterocycles. The van der Waals surface area contributed by atoms with Gasteiger partial charge in [0.2, 0.25) is 5.91 Å². The van der Waals surface area contributed by atoms with Crippen LogP contribution in [-0.4, -0.2) is 53.4 Å². The van der Waals surface area contributed by atoms with E-state index in [-0.39, 0.29) is 11.3 Å². The first-order valence-electron chi connectivity index (χ1n) is 11.9. The fourth-order valence-corrected chi connectivity index (χ4v) is 5.36. The van der Waals surface area contributed by atoms with Gasteiger partial charge in [0.1, 0.15) is 34.7 Å². The number of aryl methyl sites for hydroxylation is 2. The summed E-state index contributed by atoms with van der Waals surface area (Å²) in [6.07, 6.45) is 5.15. The molecule has 0 saturated carbocycles. The number of likely N-dealkylation sites (tertiary alicyclic amines) is 1. The van der Waals surface area contributed by atoms with Gasteiger partial charge in [0.15, 0.2) is 5.65 Å². The Balaban J connectivity index is 1.49. The van der Waals surface area contributed by atoms with Crippen LogP contribution in [0.25, 0.3) is 33.8 Å². The summed E-state index contributed by atoms with van der Waals surface area (Å²) in [5.41, 5.74) is 5.29. The molecule has 3 aromatic heterocycles. The number of benzene rings is 1. The average molecular weight is 469 g/mol. The minimum absolute atomic E-state index is 0.0184. The Morgan fingerprint density at radius 2 is 1.77 bits per heavy atom. The molecule has 0 radical (unpaired) electrons. The number of hydrogen-bond acceptors (Lipinski definition) is 7. The molecule has 9 nitrogen and oxygen atoms in total. The molecule has 0 bridgehead atoms. The van der Waals surface area contributed by atoms with E-state index in [1.807, 2.05) is 26.0 Å². The zero-order valence-electron chi connectivity index (χ0n) is 20.6. The van der Waals surface area contributed by atoms with Gasteiger partial charge in [-0.15, -0.1) is 0 Å². The first-order chi connectivity index (χ1) is 16.7. The van der Waals surface area contributed by atoms with Crippen LogP contribution >= 0.6 is 0 Å². The van der Waals surface area contributed by atoms with Crippen molar-refractivity contribution in [3.05, 3.63) is 48.3 Å². The predicted molar refractivity (Wildman–Crippen MR) is 134 cm³/mol. The van der Waals surface area contributed by atoms with Gasteiger partial charge < -0.3 is 9.88 Å². The number of carbonyl (C=O) groups excluding carboxylic acids is 1. The lowest BCUT2D eigenvalue weighted by atomic mass is 9.77. The fourth-order valence-electron chi connectivity index (χ4n) is 5.36. The molecule has 1 amide bonds. The van der Waals surface area contributed by atoms with Crippen LogP contribution in [-0.2, 0) is 16.9 Å². The van der Waals surface area contributed by atoms with Gasteiger partial charge in [-0.1, -0.05) is 19.9 Å². The average Bonchev–Trinajstić information content (AvgIpc) is 3.32. The van der Waals surface area contributed by atoms with Crippen molar-refractivity contribution >= 4 is 22.8 Å². The highest BCUT2D eigenvalue weighted by molar-refractivity contribution is 6.06. The lowest BCUT2D eigenvalue weighted by Gasteiger charge is -2.52. The zero-order valence-corrected chi connectivity index (χ0v) is 20.6. The van der Waals surface area contributed by atoms with Crippen molar-refractivity contribution < 1.29 is 4.79 Å². The van der Waals surface area contributed by atoms with Crippen LogP contribution in [0.2, 0.25) is 0 Å². The molecule has 35 heavy (non-hydrogen) atoms. The lowest BCUT2D eigenvalue weighted by molar-refractivity contribution is -0.136. The van der Waals surface area contributed by atoms with E-state index in [0.29, 0.717) is 17.9 Å². The number of aromatic nitrogens is 6. The number of imidazole rings is 1. The summed E-state index contributed by atoms with van der Waals surface area (Å²) >= 11 is 0. The first kappa shape index (κ1) is 21.8. The Bertz CT molecular complexity index is 1480. The maximum Gasteiger partial charge on any atom is 0.249 e. The smallest absolute Gasteiger partial charge is 0.249 e. The highest BCUT2D eigenvalue weighted by atomic mass is 16.2. The van der Waals surface area contributed by atoms with E-state index in [0.717, 1.165) is 52.6 Å². The van der Waals surface area contributed by atoms with E-state index in [2.05, 4.69) is 61.6 Å². The highest BCUT2D eigenvalue weighted by Crippen LogP contribution is 2.47. The van der Waals surface area contributed by atoms with Crippen molar-refractivity contribution in [3.63, 3.8) is 0 Å². The summed E-state index contributed by atoms with van der Waals surface area (Å²) in [7, 11) is 0. The summed E-state index contributed by atoms with van der Waals surface area (Å²) in [5.74, 6) is 1.49. The second-order valence-electron chi connectivity index (χ2n) is 10.4. The maximum absolute atomic E-state index is 13.1. The standard InChI is InChI=1S/C26H28N8O/c1-6-34-22(17-10-27-15(2)28-11-17)32-21-20(29-14-30-23(21)34)16-7-8-19-18(9-16)26(5,24(35)31-19)33-12-25(3,4)13-33/h7-11,14H,6,12-13H2,1-5H3,(H,31,35). The van der Waals surface area contributed by atoms with Crippen molar-refractivity contribution in [2.45, 2.75) is 46.7 Å². The van der Waals surface area contributed by atoms with Crippen molar-refractivity contribution in [2.75, 3.05) is 18.4 Å². The molecule has 0 spiro atoms. The number of nitrogens with one attached hydrogen (secondary N) is 1. The summed E-state index contributed by atoms with van der Waals surface area (Å²) in [6, 6.07) is 6.05. The van der Waals surface area contributed by atoms with Gasteiger partial charge in [-0.2, -0.15) is 0 Å². The van der Waals surface area contributed by atoms with Crippen molar-refractivity contribution in [1.29, 1.82) is 0 Å². The number of amides is 1. The Morgan fingerprint density at radius 3 is 2.46 bits per heavy atom. The Labute approximate surface area is 203 Å². The highest BCUT2D eigenvalue weighted by Gasteiger charge is 2.53. The summed E-state index contributed by atoms with van der Waals surface area (Å²) in [6.45, 7) is 12.9. The fraction of sp³-hybridized carbons (Fsp3) is 0.385. The molecule has 2 aliphatic heterocycles. The van der Waals surface area contributed by atoms with Gasteiger partial charge in [-0.25, -0.2) is 24.9 Å². The minimum Gasteiger partial charge on any atom is -0.324 e. The van der Waals surface area contributed by atoms with E-state index in [1.165, 1.54) is 0 Å². The van der Waals surface area contributed by atoms with Crippen LogP contribution < -0.4 is 5.32 Å². The SMILES string of the molecule is CCn1c(-c2cnc(C)nc2)nc2c(-c3ccc4c(c3)C(C)(N3CC(C)(C)C3)C(=O)N4)ncnc21. The number of nitrogens with zero attached hydrogens (tertiary/aromatic N) is 7. The molecule has 9 heteroatoms. The number of rotatable bonds is 4. The zero-order chi connectivity index (χ0) is 24.5. The number of carbonyl (C=O) groups is 1. The van der Waals surface area contributed by atoms with Crippen LogP contribution in [0.1, 0.15) is 39.1 Å². The first-order valence-corrected chi connectivity index (χ1v) is 11.9. The van der Waals surface area contributed by atoms with Crippen LogP contribution in [0.15, 0.2) is 36.9 Å². The molecule has 0 aliphatic carbocycles. The third-order valence-electron chi connectivity index (χ3n) is 7.27. The molecule has 1 atom stereocenters. The number of hydrogen-bond donors (Lipinski definition) is 1. The van der Waals surface area contributed by atoms with Gasteiger partial charge in [0.25, 0.3) is 0 Å². The van der Waals surface area contributed by atoms with E-state index >= 15 is 0 Å². The van der Waals surface area contributed by atoms with Crippen LogP contribution in [0, 0.1) is 12.3 Å². The molecular weight excluding hydrogens is 440 g/mol. The van der Waals surface area contributed by atoms with Gasteiger partial charge >= 0.3 is 0 Å². The largest absolute Gasteiger partial charge is 0.324 e. The normalized spacial score (nSPS) is 21.1. The summed E-state index contributed by atoms with van der Waals surface area (Å²) in [5, 5.41) is 3.08. The van der Waals surface area contributed by atoms with Crippen molar-refractivity contribution in [1.82, 2.24) is 34.4 Å². The lowest BCUT2D eigenvalue weighted by Crippen LogP contribution is -2.63. The second-order valence-corrected chi connectivity index (χ2v) is 10.4. The monoisotopic (exact) mass is 468 g/mol. The van der Waals surface area contributed by atoms with Gasteiger partial charge in [0.05, 0.1) is 5.56 Å². The molecule has 1 N–H and O–H groups in total. The van der Waals surface area contributed by atoms with Gasteiger partial charge in [-0.05, 0) is 38.3 Å². The Morgan fingerprint density at radius 1 is 1.03 bits per heavy atom. The molecule has 178 valence electrons. The topological polar surface area (TPSA) is 102 Å². The third kappa shape index (κ3) is 3.18. The number of anilines is 1. The summed E-state index contributed by atoms with van der Waals surface area (Å²) < 4.78 is 2.05. The Hall–Kier alpha value is -3.72. The molecule has 6 rings (SSSR count). The van der Waals surface area contributed by atoms with Gasteiger partial charge in [-0.3, -0.25) is 9.69 Å². The van der Waals surface area contributed by atoms with E-state index in [1.54, 1.807) is 18.7 Å². The minimum atomic E-state index is -0.708. The predicted octanol–water partition coefficient (Wildman–Crippen LogP) is 3.79. The molecule has 4 aromatic rings. The molecule has 1 fully saturated rings. The van der Waals surface area contributed by atoms with E-state index in [4.69, 9.17) is 4.98 Å². The quantitative estimate of drug-likeness (QED) is 0.486. The van der Waals surface area contributed by atoms with E-state index < -0.39 is 5.54 Å². The third-order valence-corrected chi connectivity index (χ3v) is 7.27. The molecular formula is C26H28N8O. The molecule has 2 aliphatic rings. The van der Waals surface area contributed by atoms with Crippen molar-refractivity contribution in [3.8, 4) is 22.6 Å². The second kappa shape index (κ2) is 7.39. The van der Waals surface area contributed by atoms with Crippen LogP contribution in [0.5, 0.6) is 0 Å². The van der Waals surface area contributed by atoms with Crippen LogP contribution in [0.4, 0.5) is 5.69 Å².